The molecule has 0 radical (unpaired) electrons. The Kier molecular flexibility index (Phi) is 4.18. The highest BCUT2D eigenvalue weighted by atomic mass is 16.2. The summed E-state index contributed by atoms with van der Waals surface area (Å²) in [6.07, 6.45) is 6.98. The molecule has 21 heavy (non-hydrogen) atoms. The van der Waals surface area contributed by atoms with Crippen molar-refractivity contribution in [2.75, 3.05) is 18.9 Å². The molecule has 1 fully saturated rings. The van der Waals surface area contributed by atoms with Crippen LogP contribution in [0.3, 0.4) is 0 Å². The first-order valence-corrected chi connectivity index (χ1v) is 8.29. The van der Waals surface area contributed by atoms with Crippen molar-refractivity contribution in [1.29, 1.82) is 0 Å². The van der Waals surface area contributed by atoms with Gasteiger partial charge in [-0.05, 0) is 49.3 Å². The standard InChI is InChI=1S/C18H26N2O/c1-13-6-3-7-14(12-13)20(2)18(21)16-8-4-10-17-15(16)9-5-11-19-17/h4,8,10,13-14,19H,3,5-7,9,11-12H2,1-2H3. The number of nitrogens with one attached hydrogen (secondary N) is 1. The Balaban J connectivity index is 1.81. The minimum Gasteiger partial charge on any atom is -0.385 e. The molecular weight excluding hydrogens is 260 g/mol. The minimum absolute atomic E-state index is 0.203. The molecule has 3 nitrogen and oxygen atoms in total. The van der Waals surface area contributed by atoms with E-state index in [1.165, 1.54) is 18.4 Å². The topological polar surface area (TPSA) is 32.3 Å². The van der Waals surface area contributed by atoms with E-state index in [0.717, 1.165) is 49.4 Å². The molecule has 1 saturated carbocycles. The van der Waals surface area contributed by atoms with Crippen molar-refractivity contribution in [3.05, 3.63) is 29.3 Å². The maximum atomic E-state index is 12.9. The van der Waals surface area contributed by atoms with E-state index in [-0.39, 0.29) is 5.91 Å². The first-order chi connectivity index (χ1) is 10.2. The quantitative estimate of drug-likeness (QED) is 0.899. The summed E-state index contributed by atoms with van der Waals surface area (Å²) in [5.41, 5.74) is 3.27. The van der Waals surface area contributed by atoms with Gasteiger partial charge in [0.2, 0.25) is 0 Å². The van der Waals surface area contributed by atoms with Crippen LogP contribution in [0.5, 0.6) is 0 Å². The molecule has 1 aliphatic heterocycles. The van der Waals surface area contributed by atoms with Crippen LogP contribution < -0.4 is 5.32 Å². The van der Waals surface area contributed by atoms with Crippen LogP contribution in [0.4, 0.5) is 5.69 Å². The third kappa shape index (κ3) is 2.92. The Labute approximate surface area is 127 Å². The van der Waals surface area contributed by atoms with Crippen molar-refractivity contribution in [2.45, 2.75) is 51.5 Å². The van der Waals surface area contributed by atoms with Gasteiger partial charge < -0.3 is 10.2 Å². The van der Waals surface area contributed by atoms with Gasteiger partial charge in [0.1, 0.15) is 0 Å². The second-order valence-electron chi connectivity index (χ2n) is 6.70. The lowest BCUT2D eigenvalue weighted by Gasteiger charge is -2.35. The maximum absolute atomic E-state index is 12.9. The molecule has 1 aromatic carbocycles. The lowest BCUT2D eigenvalue weighted by atomic mass is 9.86. The summed E-state index contributed by atoms with van der Waals surface area (Å²) in [7, 11) is 1.99. The highest BCUT2D eigenvalue weighted by Crippen LogP contribution is 2.30. The van der Waals surface area contributed by atoms with Crippen molar-refractivity contribution in [3.63, 3.8) is 0 Å². The maximum Gasteiger partial charge on any atom is 0.254 e. The van der Waals surface area contributed by atoms with E-state index in [1.807, 2.05) is 24.1 Å². The van der Waals surface area contributed by atoms with Gasteiger partial charge in [-0.1, -0.05) is 25.8 Å². The van der Waals surface area contributed by atoms with Gasteiger partial charge in [-0.3, -0.25) is 4.79 Å². The van der Waals surface area contributed by atoms with Crippen molar-refractivity contribution in [1.82, 2.24) is 4.90 Å². The average molecular weight is 286 g/mol. The van der Waals surface area contributed by atoms with E-state index in [1.54, 1.807) is 0 Å². The van der Waals surface area contributed by atoms with Crippen LogP contribution in [-0.4, -0.2) is 30.4 Å². The van der Waals surface area contributed by atoms with Crippen LogP contribution in [0.1, 0.15) is 54.9 Å². The third-order valence-electron chi connectivity index (χ3n) is 5.10. The lowest BCUT2D eigenvalue weighted by Crippen LogP contribution is -2.40. The Bertz CT molecular complexity index is 526. The van der Waals surface area contributed by atoms with Gasteiger partial charge in [-0.2, -0.15) is 0 Å². The van der Waals surface area contributed by atoms with Crippen LogP contribution in [0, 0.1) is 5.92 Å². The van der Waals surface area contributed by atoms with Gasteiger partial charge in [-0.25, -0.2) is 0 Å². The zero-order chi connectivity index (χ0) is 14.8. The van der Waals surface area contributed by atoms with Crippen LogP contribution in [0.2, 0.25) is 0 Å². The summed E-state index contributed by atoms with van der Waals surface area (Å²) >= 11 is 0. The molecule has 1 heterocycles. The average Bonchev–Trinajstić information content (AvgIpc) is 2.53. The second-order valence-corrected chi connectivity index (χ2v) is 6.70. The van der Waals surface area contributed by atoms with Gasteiger partial charge in [0.25, 0.3) is 5.91 Å². The zero-order valence-corrected chi connectivity index (χ0v) is 13.2. The van der Waals surface area contributed by atoms with Crippen molar-refractivity contribution in [3.8, 4) is 0 Å². The predicted molar refractivity (Wildman–Crippen MR) is 86.8 cm³/mol. The van der Waals surface area contributed by atoms with E-state index in [4.69, 9.17) is 0 Å². The minimum atomic E-state index is 0.203. The number of hydrogen-bond acceptors (Lipinski definition) is 2. The summed E-state index contributed by atoms with van der Waals surface area (Å²) in [6.45, 7) is 3.32. The fourth-order valence-corrected chi connectivity index (χ4v) is 3.82. The smallest absolute Gasteiger partial charge is 0.254 e. The molecule has 1 aromatic rings. The van der Waals surface area contributed by atoms with E-state index in [9.17, 15) is 4.79 Å². The van der Waals surface area contributed by atoms with E-state index in [0.29, 0.717) is 6.04 Å². The first kappa shape index (κ1) is 14.4. The molecule has 1 amide bonds. The fourth-order valence-electron chi connectivity index (χ4n) is 3.82. The molecule has 3 rings (SSSR count). The number of amides is 1. The summed E-state index contributed by atoms with van der Waals surface area (Å²) in [6, 6.07) is 6.50. The molecule has 0 saturated heterocycles. The number of carbonyl (C=O) groups excluding carboxylic acids is 1. The predicted octanol–water partition coefficient (Wildman–Crippen LogP) is 3.70. The molecule has 0 spiro atoms. The first-order valence-electron chi connectivity index (χ1n) is 8.29. The van der Waals surface area contributed by atoms with Gasteiger partial charge in [0.15, 0.2) is 0 Å². The Hall–Kier alpha value is -1.51. The van der Waals surface area contributed by atoms with Crippen LogP contribution in [0.15, 0.2) is 18.2 Å². The van der Waals surface area contributed by atoms with Crippen molar-refractivity contribution >= 4 is 11.6 Å². The lowest BCUT2D eigenvalue weighted by molar-refractivity contribution is 0.0671. The van der Waals surface area contributed by atoms with Crippen molar-refractivity contribution in [2.24, 2.45) is 5.92 Å². The van der Waals surface area contributed by atoms with E-state index >= 15 is 0 Å². The van der Waals surface area contributed by atoms with Gasteiger partial charge in [0, 0.05) is 30.9 Å². The summed E-state index contributed by atoms with van der Waals surface area (Å²) < 4.78 is 0. The number of anilines is 1. The summed E-state index contributed by atoms with van der Waals surface area (Å²) in [4.78, 5) is 14.9. The molecule has 2 atom stereocenters. The van der Waals surface area contributed by atoms with Crippen molar-refractivity contribution < 1.29 is 4.79 Å². The van der Waals surface area contributed by atoms with Crippen LogP contribution in [-0.2, 0) is 6.42 Å². The number of nitrogens with zero attached hydrogens (tertiary/aromatic N) is 1. The number of hydrogen-bond donors (Lipinski definition) is 1. The second kappa shape index (κ2) is 6.08. The Morgan fingerprint density at radius 1 is 1.29 bits per heavy atom. The number of rotatable bonds is 2. The SMILES string of the molecule is CC1CCCC(N(C)C(=O)c2cccc3c2CCCN3)C1. The summed E-state index contributed by atoms with van der Waals surface area (Å²) in [5.74, 6) is 0.944. The van der Waals surface area contributed by atoms with Gasteiger partial charge in [0.05, 0.1) is 0 Å². The van der Waals surface area contributed by atoms with E-state index in [2.05, 4.69) is 18.3 Å². The van der Waals surface area contributed by atoms with Gasteiger partial charge in [-0.15, -0.1) is 0 Å². The molecule has 2 unspecified atom stereocenters. The number of carbonyl (C=O) groups is 1. The molecule has 0 bridgehead atoms. The molecule has 114 valence electrons. The highest BCUT2D eigenvalue weighted by molar-refractivity contribution is 5.97. The summed E-state index contributed by atoms with van der Waals surface area (Å²) in [5, 5.41) is 3.41. The monoisotopic (exact) mass is 286 g/mol. The Morgan fingerprint density at radius 2 is 2.14 bits per heavy atom. The fraction of sp³-hybridized carbons (Fsp3) is 0.611. The van der Waals surface area contributed by atoms with E-state index < -0.39 is 0 Å². The highest BCUT2D eigenvalue weighted by Gasteiger charge is 2.27. The third-order valence-corrected chi connectivity index (χ3v) is 5.10. The molecule has 1 N–H and O–H groups in total. The normalized spacial score (nSPS) is 24.9. The van der Waals surface area contributed by atoms with Crippen LogP contribution >= 0.6 is 0 Å². The zero-order valence-electron chi connectivity index (χ0n) is 13.2. The van der Waals surface area contributed by atoms with Gasteiger partial charge >= 0.3 is 0 Å². The molecule has 0 aromatic heterocycles. The largest absolute Gasteiger partial charge is 0.385 e. The molecular formula is C18H26N2O. The molecule has 3 heteroatoms. The molecule has 1 aliphatic carbocycles. The number of benzene rings is 1. The Morgan fingerprint density at radius 3 is 2.95 bits per heavy atom. The van der Waals surface area contributed by atoms with Crippen LogP contribution in [0.25, 0.3) is 0 Å². The number of fused-ring (bicyclic) bond motifs is 1. The molecule has 2 aliphatic rings.